The highest BCUT2D eigenvalue weighted by Gasteiger charge is 2.08. The summed E-state index contributed by atoms with van der Waals surface area (Å²) >= 11 is 0. The van der Waals surface area contributed by atoms with E-state index in [4.69, 9.17) is 13.9 Å². The smallest absolute Gasteiger partial charge is 0.344 e. The van der Waals surface area contributed by atoms with E-state index in [9.17, 15) is 4.79 Å². The molecule has 112 valence electrons. The number of ether oxygens (including phenoxy) is 2. The van der Waals surface area contributed by atoms with Gasteiger partial charge >= 0.3 is 5.97 Å². The predicted octanol–water partition coefficient (Wildman–Crippen LogP) is 2.63. The minimum Gasteiger partial charge on any atom is -0.482 e. The van der Waals surface area contributed by atoms with Gasteiger partial charge in [-0.2, -0.15) is 0 Å². The maximum Gasteiger partial charge on any atom is 0.344 e. The molecule has 0 saturated carbocycles. The van der Waals surface area contributed by atoms with E-state index < -0.39 is 0 Å². The van der Waals surface area contributed by atoms with Gasteiger partial charge in [-0.3, -0.25) is 0 Å². The van der Waals surface area contributed by atoms with Gasteiger partial charge in [-0.05, 0) is 37.6 Å². The summed E-state index contributed by atoms with van der Waals surface area (Å²) < 4.78 is 15.6. The van der Waals surface area contributed by atoms with E-state index in [-0.39, 0.29) is 12.6 Å². The number of hydrogen-bond acceptors (Lipinski definition) is 6. The number of carbonyl (C=O) groups is 1. The molecule has 1 heterocycles. The Morgan fingerprint density at radius 1 is 1.19 bits per heavy atom. The molecule has 0 saturated heterocycles. The summed E-state index contributed by atoms with van der Waals surface area (Å²) in [6.07, 6.45) is 1.73. The van der Waals surface area contributed by atoms with Crippen molar-refractivity contribution < 1.29 is 18.7 Å². The molecule has 0 fully saturated rings. The van der Waals surface area contributed by atoms with Crippen molar-refractivity contribution in [3.05, 3.63) is 30.2 Å². The van der Waals surface area contributed by atoms with Crippen molar-refractivity contribution in [2.75, 3.05) is 13.2 Å². The molecule has 2 rings (SSSR count). The van der Waals surface area contributed by atoms with Gasteiger partial charge in [-0.25, -0.2) is 4.79 Å². The van der Waals surface area contributed by atoms with Crippen LogP contribution in [0.3, 0.4) is 0 Å². The molecule has 0 aliphatic heterocycles. The minimum atomic E-state index is -0.386. The first kappa shape index (κ1) is 15.0. The first-order valence-corrected chi connectivity index (χ1v) is 6.94. The van der Waals surface area contributed by atoms with Crippen LogP contribution in [0.2, 0.25) is 0 Å². The van der Waals surface area contributed by atoms with E-state index in [2.05, 4.69) is 17.1 Å². The quantitative estimate of drug-likeness (QED) is 0.730. The topological polar surface area (TPSA) is 74.5 Å². The van der Waals surface area contributed by atoms with Crippen molar-refractivity contribution in [3.8, 4) is 17.2 Å². The Hall–Kier alpha value is -2.37. The van der Waals surface area contributed by atoms with Crippen molar-refractivity contribution in [2.45, 2.75) is 26.7 Å². The molecule has 6 nitrogen and oxygen atoms in total. The molecule has 0 unspecified atom stereocenters. The molecule has 0 amide bonds. The molecule has 1 aromatic carbocycles. The van der Waals surface area contributed by atoms with Crippen LogP contribution in [0.1, 0.15) is 26.2 Å². The average Bonchev–Trinajstić information content (AvgIpc) is 2.95. The van der Waals surface area contributed by atoms with Crippen LogP contribution in [-0.4, -0.2) is 29.4 Å². The zero-order valence-corrected chi connectivity index (χ0v) is 12.2. The minimum absolute atomic E-state index is 0.103. The van der Waals surface area contributed by atoms with Gasteiger partial charge in [0.25, 0.3) is 0 Å². The number of esters is 1. The van der Waals surface area contributed by atoms with Crippen LogP contribution in [0.25, 0.3) is 11.5 Å². The predicted molar refractivity (Wildman–Crippen MR) is 75.9 cm³/mol. The Balaban J connectivity index is 1.96. The molecular weight excluding hydrogens is 272 g/mol. The maximum absolute atomic E-state index is 11.2. The van der Waals surface area contributed by atoms with Gasteiger partial charge in [0.15, 0.2) is 6.61 Å². The van der Waals surface area contributed by atoms with Gasteiger partial charge in [-0.15, -0.1) is 10.2 Å². The second-order valence-corrected chi connectivity index (χ2v) is 4.37. The second-order valence-electron chi connectivity index (χ2n) is 4.37. The number of aryl methyl sites for hydroxylation is 1. The third-order valence-electron chi connectivity index (χ3n) is 2.69. The highest BCUT2D eigenvalue weighted by atomic mass is 16.6. The fraction of sp³-hybridized carbons (Fsp3) is 0.400. The zero-order chi connectivity index (χ0) is 15.1. The normalized spacial score (nSPS) is 10.4. The molecular formula is C15H18N2O4. The molecule has 0 spiro atoms. The van der Waals surface area contributed by atoms with Gasteiger partial charge in [0.1, 0.15) is 5.75 Å². The van der Waals surface area contributed by atoms with E-state index in [1.165, 1.54) is 0 Å². The summed E-state index contributed by atoms with van der Waals surface area (Å²) in [6.45, 7) is 4.05. The second kappa shape index (κ2) is 7.42. The molecule has 0 aliphatic carbocycles. The van der Waals surface area contributed by atoms with Gasteiger partial charge in [0.05, 0.1) is 6.61 Å². The molecule has 0 bridgehead atoms. The lowest BCUT2D eigenvalue weighted by molar-refractivity contribution is -0.145. The maximum atomic E-state index is 11.2. The van der Waals surface area contributed by atoms with Crippen LogP contribution in [0, 0.1) is 0 Å². The van der Waals surface area contributed by atoms with E-state index in [0.717, 1.165) is 18.4 Å². The van der Waals surface area contributed by atoms with Crippen molar-refractivity contribution in [2.24, 2.45) is 0 Å². The van der Waals surface area contributed by atoms with Crippen LogP contribution < -0.4 is 4.74 Å². The summed E-state index contributed by atoms with van der Waals surface area (Å²) in [5.41, 5.74) is 0.813. The molecule has 6 heteroatoms. The van der Waals surface area contributed by atoms with E-state index >= 15 is 0 Å². The largest absolute Gasteiger partial charge is 0.482 e. The Morgan fingerprint density at radius 2 is 1.95 bits per heavy atom. The molecule has 0 radical (unpaired) electrons. The van der Waals surface area contributed by atoms with Gasteiger partial charge in [0.2, 0.25) is 11.8 Å². The van der Waals surface area contributed by atoms with E-state index in [0.29, 0.717) is 24.1 Å². The lowest BCUT2D eigenvalue weighted by atomic mass is 10.2. The van der Waals surface area contributed by atoms with Crippen LogP contribution in [-0.2, 0) is 16.0 Å². The zero-order valence-electron chi connectivity index (χ0n) is 12.2. The summed E-state index contributed by atoms with van der Waals surface area (Å²) in [5, 5.41) is 7.98. The number of aromatic nitrogens is 2. The lowest BCUT2D eigenvalue weighted by Gasteiger charge is -2.05. The lowest BCUT2D eigenvalue weighted by Crippen LogP contribution is -2.14. The summed E-state index contributed by atoms with van der Waals surface area (Å²) in [5.74, 6) is 1.31. The number of benzene rings is 1. The first-order valence-electron chi connectivity index (χ1n) is 6.94. The first-order chi connectivity index (χ1) is 10.2. The van der Waals surface area contributed by atoms with Crippen molar-refractivity contribution in [3.63, 3.8) is 0 Å². The standard InChI is InChI=1S/C15H18N2O4/c1-3-5-13-16-17-15(21-13)11-6-8-12(9-7-11)20-10-14(18)19-4-2/h6-9H,3-5,10H2,1-2H3. The molecule has 0 atom stereocenters. The Labute approximate surface area is 123 Å². The summed E-state index contributed by atoms with van der Waals surface area (Å²) in [7, 11) is 0. The van der Waals surface area contributed by atoms with Crippen LogP contribution in [0.15, 0.2) is 28.7 Å². The molecule has 2 aromatic rings. The Kier molecular flexibility index (Phi) is 5.31. The van der Waals surface area contributed by atoms with Crippen LogP contribution in [0.5, 0.6) is 5.75 Å². The average molecular weight is 290 g/mol. The van der Waals surface area contributed by atoms with E-state index in [1.54, 1.807) is 19.1 Å². The summed E-state index contributed by atoms with van der Waals surface area (Å²) in [6, 6.07) is 7.12. The third-order valence-corrected chi connectivity index (χ3v) is 2.69. The monoisotopic (exact) mass is 290 g/mol. The van der Waals surface area contributed by atoms with Crippen molar-refractivity contribution in [1.82, 2.24) is 10.2 Å². The number of rotatable bonds is 7. The SMILES string of the molecule is CCCc1nnc(-c2ccc(OCC(=O)OCC)cc2)o1. The molecule has 0 aliphatic rings. The number of nitrogens with zero attached hydrogens (tertiary/aromatic N) is 2. The van der Waals surface area contributed by atoms with Crippen molar-refractivity contribution >= 4 is 5.97 Å². The van der Waals surface area contributed by atoms with Gasteiger partial charge in [-0.1, -0.05) is 6.92 Å². The molecule has 1 aromatic heterocycles. The van der Waals surface area contributed by atoms with Crippen LogP contribution in [0.4, 0.5) is 0 Å². The van der Waals surface area contributed by atoms with Gasteiger partial charge in [0, 0.05) is 12.0 Å². The van der Waals surface area contributed by atoms with Crippen molar-refractivity contribution in [1.29, 1.82) is 0 Å². The highest BCUT2D eigenvalue weighted by Crippen LogP contribution is 2.21. The Bertz CT molecular complexity index is 578. The van der Waals surface area contributed by atoms with E-state index in [1.807, 2.05) is 12.1 Å². The number of hydrogen-bond donors (Lipinski definition) is 0. The highest BCUT2D eigenvalue weighted by molar-refractivity contribution is 5.71. The number of carbonyl (C=O) groups excluding carboxylic acids is 1. The van der Waals surface area contributed by atoms with Gasteiger partial charge < -0.3 is 13.9 Å². The fourth-order valence-electron chi connectivity index (χ4n) is 1.72. The molecule has 21 heavy (non-hydrogen) atoms. The summed E-state index contributed by atoms with van der Waals surface area (Å²) in [4.78, 5) is 11.2. The Morgan fingerprint density at radius 3 is 2.62 bits per heavy atom. The molecule has 0 N–H and O–H groups in total. The van der Waals surface area contributed by atoms with Crippen LogP contribution >= 0.6 is 0 Å². The third kappa shape index (κ3) is 4.30. The fourth-order valence-corrected chi connectivity index (χ4v) is 1.72.